The van der Waals surface area contributed by atoms with Crippen LogP contribution < -0.4 is 20.1 Å². The first-order valence-electron chi connectivity index (χ1n) is 9.80. The predicted octanol–water partition coefficient (Wildman–Crippen LogP) is 4.21. The minimum Gasteiger partial charge on any atom is -0.493 e. The van der Waals surface area contributed by atoms with E-state index in [0.717, 1.165) is 68.5 Å². The molecule has 8 heteroatoms. The van der Waals surface area contributed by atoms with Crippen LogP contribution in [-0.2, 0) is 12.8 Å². The molecule has 0 spiro atoms. The molecule has 0 radical (unpaired) electrons. The quantitative estimate of drug-likeness (QED) is 0.197. The van der Waals surface area contributed by atoms with Crippen LogP contribution in [0.1, 0.15) is 36.0 Å². The number of hydrogen-bond donors (Lipinski definition) is 2. The molecule has 0 aliphatic heterocycles. The highest BCUT2D eigenvalue weighted by Gasteiger charge is 2.05. The number of guanidine groups is 1. The fourth-order valence-electron chi connectivity index (χ4n) is 2.80. The largest absolute Gasteiger partial charge is 0.493 e. The molecule has 0 aliphatic carbocycles. The number of halogens is 1. The van der Waals surface area contributed by atoms with Crippen LogP contribution in [0.15, 0.2) is 28.6 Å². The average Bonchev–Trinajstić information content (AvgIpc) is 3.12. The second kappa shape index (κ2) is 14.4. The first-order chi connectivity index (χ1) is 13.7. The summed E-state index contributed by atoms with van der Waals surface area (Å²) >= 11 is 1.75. The third-order valence-electron chi connectivity index (χ3n) is 4.23. The van der Waals surface area contributed by atoms with E-state index in [2.05, 4.69) is 39.0 Å². The number of unbranched alkanes of at least 4 members (excludes halogenated alkanes) is 1. The minimum absolute atomic E-state index is 0. The van der Waals surface area contributed by atoms with Gasteiger partial charge in [-0.15, -0.1) is 35.3 Å². The van der Waals surface area contributed by atoms with Crippen molar-refractivity contribution in [2.75, 3.05) is 33.9 Å². The first kappa shape index (κ1) is 25.5. The third kappa shape index (κ3) is 9.20. The fraction of sp³-hybridized carbons (Fsp3) is 0.524. The highest BCUT2D eigenvalue weighted by Crippen LogP contribution is 2.27. The van der Waals surface area contributed by atoms with Gasteiger partial charge in [-0.1, -0.05) is 6.07 Å². The summed E-state index contributed by atoms with van der Waals surface area (Å²) in [5, 5.41) is 10.0. The lowest BCUT2D eigenvalue weighted by Crippen LogP contribution is -2.38. The number of rotatable bonds is 11. The zero-order chi connectivity index (χ0) is 20.2. The summed E-state index contributed by atoms with van der Waals surface area (Å²) in [6.45, 7) is 6.59. The highest BCUT2D eigenvalue weighted by atomic mass is 127. The molecule has 1 heterocycles. The summed E-state index contributed by atoms with van der Waals surface area (Å²) in [7, 11) is 3.31. The Labute approximate surface area is 195 Å². The van der Waals surface area contributed by atoms with Crippen LogP contribution in [0.2, 0.25) is 0 Å². The number of nitrogens with one attached hydrogen (secondary N) is 2. The number of hydrogen-bond acceptors (Lipinski definition) is 5. The summed E-state index contributed by atoms with van der Waals surface area (Å²) in [5.41, 5.74) is 2.31. The van der Waals surface area contributed by atoms with Crippen LogP contribution in [0.5, 0.6) is 11.5 Å². The van der Waals surface area contributed by atoms with Gasteiger partial charge in [0.2, 0.25) is 0 Å². The Balaban J connectivity index is 0.00000420. The van der Waals surface area contributed by atoms with Crippen LogP contribution in [0.3, 0.4) is 0 Å². The predicted molar refractivity (Wildman–Crippen MR) is 132 cm³/mol. The van der Waals surface area contributed by atoms with E-state index in [1.807, 2.05) is 19.1 Å². The molecule has 0 bridgehead atoms. The van der Waals surface area contributed by atoms with E-state index in [1.165, 1.54) is 10.6 Å². The van der Waals surface area contributed by atoms with Gasteiger partial charge in [0.1, 0.15) is 0 Å². The summed E-state index contributed by atoms with van der Waals surface area (Å²) in [6.07, 6.45) is 4.10. The maximum absolute atomic E-state index is 5.37. The van der Waals surface area contributed by atoms with Gasteiger partial charge < -0.3 is 20.1 Å². The average molecular weight is 532 g/mol. The highest BCUT2D eigenvalue weighted by molar-refractivity contribution is 14.0. The summed E-state index contributed by atoms with van der Waals surface area (Å²) in [6, 6.07) is 6.02. The molecule has 0 amide bonds. The Kier molecular flexibility index (Phi) is 12.7. The first-order valence-corrected chi connectivity index (χ1v) is 10.7. The molecule has 1 aromatic carbocycles. The van der Waals surface area contributed by atoms with E-state index in [-0.39, 0.29) is 24.0 Å². The van der Waals surface area contributed by atoms with Gasteiger partial charge in [-0.3, -0.25) is 4.99 Å². The molecule has 0 fully saturated rings. The zero-order valence-corrected chi connectivity index (χ0v) is 20.9. The Bertz CT molecular complexity index is 752. The Morgan fingerprint density at radius 1 is 1.10 bits per heavy atom. The van der Waals surface area contributed by atoms with Gasteiger partial charge in [0, 0.05) is 30.7 Å². The van der Waals surface area contributed by atoms with Gasteiger partial charge in [-0.05, 0) is 57.2 Å². The van der Waals surface area contributed by atoms with E-state index < -0.39 is 0 Å². The van der Waals surface area contributed by atoms with Gasteiger partial charge in [0.25, 0.3) is 0 Å². The molecular formula is C21H33IN4O2S. The molecule has 0 saturated carbocycles. The lowest BCUT2D eigenvalue weighted by Gasteiger charge is -2.12. The molecule has 1 aromatic heterocycles. The molecule has 2 rings (SSSR count). The Hall–Kier alpha value is -1.55. The molecule has 0 saturated heterocycles. The Morgan fingerprint density at radius 3 is 2.55 bits per heavy atom. The Morgan fingerprint density at radius 2 is 1.90 bits per heavy atom. The second-order valence-corrected chi connectivity index (χ2v) is 7.41. The van der Waals surface area contributed by atoms with Crippen LogP contribution in [-0.4, -0.2) is 44.8 Å². The van der Waals surface area contributed by atoms with Crippen molar-refractivity contribution in [1.29, 1.82) is 0 Å². The van der Waals surface area contributed by atoms with Crippen molar-refractivity contribution in [1.82, 2.24) is 15.6 Å². The van der Waals surface area contributed by atoms with Crippen molar-refractivity contribution in [3.8, 4) is 11.5 Å². The molecule has 162 valence electrons. The van der Waals surface area contributed by atoms with Crippen LogP contribution in [0.25, 0.3) is 0 Å². The van der Waals surface area contributed by atoms with Crippen molar-refractivity contribution in [2.24, 2.45) is 4.99 Å². The third-order valence-corrected chi connectivity index (χ3v) is 5.26. The molecule has 2 N–H and O–H groups in total. The number of benzene rings is 1. The standard InChI is InChI=1S/C21H32N4O2S.HI/c1-5-22-21(23-12-7-6-8-20-25-16(2)15-28-20)24-13-11-17-9-10-18(26-3)19(14-17)27-4;/h9-10,14-15H,5-8,11-13H2,1-4H3,(H2,22,23,24);1H. The summed E-state index contributed by atoms with van der Waals surface area (Å²) < 4.78 is 10.7. The maximum atomic E-state index is 5.37. The lowest BCUT2D eigenvalue weighted by molar-refractivity contribution is 0.354. The number of ether oxygens (including phenoxy) is 2. The zero-order valence-electron chi connectivity index (χ0n) is 17.8. The summed E-state index contributed by atoms with van der Waals surface area (Å²) in [4.78, 5) is 9.18. The number of methoxy groups -OCH3 is 2. The van der Waals surface area contributed by atoms with E-state index in [9.17, 15) is 0 Å². The second-order valence-electron chi connectivity index (χ2n) is 6.47. The summed E-state index contributed by atoms with van der Waals surface area (Å²) in [5.74, 6) is 2.38. The maximum Gasteiger partial charge on any atom is 0.191 e. The van der Waals surface area contributed by atoms with Gasteiger partial charge in [0.15, 0.2) is 17.5 Å². The monoisotopic (exact) mass is 532 g/mol. The van der Waals surface area contributed by atoms with Crippen LogP contribution >= 0.6 is 35.3 Å². The normalized spacial score (nSPS) is 11.0. The van der Waals surface area contributed by atoms with Crippen molar-refractivity contribution in [2.45, 2.75) is 39.5 Å². The topological polar surface area (TPSA) is 67.8 Å². The van der Waals surface area contributed by atoms with Crippen LogP contribution in [0.4, 0.5) is 0 Å². The smallest absolute Gasteiger partial charge is 0.191 e. The minimum atomic E-state index is 0. The number of aromatic nitrogens is 1. The molecular weight excluding hydrogens is 499 g/mol. The van der Waals surface area contributed by atoms with Crippen molar-refractivity contribution in [3.05, 3.63) is 39.8 Å². The fourth-order valence-corrected chi connectivity index (χ4v) is 3.62. The van der Waals surface area contributed by atoms with Gasteiger partial charge >= 0.3 is 0 Å². The number of aryl methyl sites for hydroxylation is 2. The van der Waals surface area contributed by atoms with E-state index in [0.29, 0.717) is 0 Å². The SMILES string of the molecule is CCNC(=NCCCCc1nc(C)cs1)NCCc1ccc(OC)c(OC)c1.I. The molecule has 0 unspecified atom stereocenters. The lowest BCUT2D eigenvalue weighted by atomic mass is 10.1. The van der Waals surface area contributed by atoms with Crippen LogP contribution in [0, 0.1) is 6.92 Å². The number of thiazole rings is 1. The number of nitrogens with zero attached hydrogens (tertiary/aromatic N) is 2. The molecule has 2 aromatic rings. The number of aliphatic imine (C=N–C) groups is 1. The van der Waals surface area contributed by atoms with Gasteiger partial charge in [-0.2, -0.15) is 0 Å². The molecule has 0 atom stereocenters. The van der Waals surface area contributed by atoms with Gasteiger partial charge in [-0.25, -0.2) is 4.98 Å². The van der Waals surface area contributed by atoms with E-state index >= 15 is 0 Å². The molecule has 29 heavy (non-hydrogen) atoms. The van der Waals surface area contributed by atoms with E-state index in [4.69, 9.17) is 9.47 Å². The van der Waals surface area contributed by atoms with Crippen molar-refractivity contribution < 1.29 is 9.47 Å². The van der Waals surface area contributed by atoms with Crippen molar-refractivity contribution in [3.63, 3.8) is 0 Å². The molecule has 0 aliphatic rings. The van der Waals surface area contributed by atoms with Gasteiger partial charge in [0.05, 0.1) is 19.2 Å². The van der Waals surface area contributed by atoms with Crippen molar-refractivity contribution >= 4 is 41.3 Å². The molecule has 6 nitrogen and oxygen atoms in total. The van der Waals surface area contributed by atoms with E-state index in [1.54, 1.807) is 25.6 Å².